The Bertz CT molecular complexity index is 1290. The number of nitrogens with zero attached hydrogens (tertiary/aromatic N) is 3. The summed E-state index contributed by atoms with van der Waals surface area (Å²) in [5.74, 6) is -0.234. The van der Waals surface area contributed by atoms with Crippen LogP contribution < -0.4 is 0 Å². The second-order valence-corrected chi connectivity index (χ2v) is 10.6. The van der Waals surface area contributed by atoms with Crippen LogP contribution in [0.25, 0.3) is 6.08 Å². The Morgan fingerprint density at radius 2 is 1.67 bits per heavy atom. The van der Waals surface area contributed by atoms with Crippen molar-refractivity contribution in [3.8, 4) is 0 Å². The average molecular weight is 484 g/mol. The van der Waals surface area contributed by atoms with Crippen molar-refractivity contribution in [2.24, 2.45) is 0 Å². The summed E-state index contributed by atoms with van der Waals surface area (Å²) in [5, 5.41) is 4.97. The topological polar surface area (TPSA) is 72.3 Å². The largest absolute Gasteiger partial charge is 0.289 e. The maximum atomic E-state index is 12.7. The third-order valence-electron chi connectivity index (χ3n) is 5.81. The molecule has 0 aliphatic carbocycles. The van der Waals surface area contributed by atoms with Gasteiger partial charge in [-0.25, -0.2) is 13.1 Å². The van der Waals surface area contributed by atoms with Crippen molar-refractivity contribution in [2.75, 3.05) is 13.1 Å². The Hall–Kier alpha value is -2.74. The van der Waals surface area contributed by atoms with Crippen LogP contribution in [0.2, 0.25) is 5.15 Å². The summed E-state index contributed by atoms with van der Waals surface area (Å²) >= 11 is 6.54. The summed E-state index contributed by atoms with van der Waals surface area (Å²) < 4.78 is 28.5. The van der Waals surface area contributed by atoms with Gasteiger partial charge in [0.05, 0.1) is 17.1 Å². The van der Waals surface area contributed by atoms with Crippen LogP contribution in [-0.4, -0.2) is 41.4 Å². The number of hydrogen-bond donors (Lipinski definition) is 0. The molecule has 0 amide bonds. The van der Waals surface area contributed by atoms with E-state index in [9.17, 15) is 13.2 Å². The smallest absolute Gasteiger partial charge is 0.243 e. The van der Waals surface area contributed by atoms with E-state index in [1.54, 1.807) is 22.9 Å². The normalized spacial score (nSPS) is 14.9. The van der Waals surface area contributed by atoms with E-state index >= 15 is 0 Å². The van der Waals surface area contributed by atoms with Gasteiger partial charge in [-0.15, -0.1) is 0 Å². The molecule has 1 fully saturated rings. The lowest BCUT2D eigenvalue weighted by molar-refractivity contribution is 0.104. The number of carbonyl (C=O) groups excluding carboxylic acids is 1. The lowest BCUT2D eigenvalue weighted by Gasteiger charge is -2.15. The van der Waals surface area contributed by atoms with Gasteiger partial charge < -0.3 is 0 Å². The summed E-state index contributed by atoms with van der Waals surface area (Å²) in [4.78, 5) is 12.9. The number of hydrogen-bond acceptors (Lipinski definition) is 4. The first-order chi connectivity index (χ1) is 15.8. The predicted molar refractivity (Wildman–Crippen MR) is 130 cm³/mol. The first kappa shape index (κ1) is 23.4. The van der Waals surface area contributed by atoms with E-state index in [0.717, 1.165) is 24.1 Å². The maximum Gasteiger partial charge on any atom is 0.243 e. The molecule has 1 saturated heterocycles. The Balaban J connectivity index is 1.48. The second-order valence-electron chi connectivity index (χ2n) is 8.27. The summed E-state index contributed by atoms with van der Waals surface area (Å²) in [6.45, 7) is 5.51. The standard InChI is InChI=1S/C25H26ClN3O3S/c1-18-5-7-20(8-6-18)17-29-25(26)23(19(2)27-29)13-14-24(30)21-9-11-22(12-10-21)33(31,32)28-15-3-4-16-28/h5-14H,3-4,15-17H2,1-2H3. The van der Waals surface area contributed by atoms with Gasteiger partial charge in [-0.05, 0) is 68.7 Å². The lowest BCUT2D eigenvalue weighted by Crippen LogP contribution is -2.27. The molecule has 33 heavy (non-hydrogen) atoms. The molecule has 0 radical (unpaired) electrons. The van der Waals surface area contributed by atoms with Crippen LogP contribution in [0.3, 0.4) is 0 Å². The van der Waals surface area contributed by atoms with Gasteiger partial charge in [0.1, 0.15) is 5.15 Å². The van der Waals surface area contributed by atoms with Gasteiger partial charge in [0.25, 0.3) is 0 Å². The number of sulfonamides is 1. The molecule has 0 spiro atoms. The quantitative estimate of drug-likeness (QED) is 0.354. The maximum absolute atomic E-state index is 12.7. The molecule has 2 heterocycles. The van der Waals surface area contributed by atoms with Crippen LogP contribution in [0.4, 0.5) is 0 Å². The molecule has 3 aromatic rings. The van der Waals surface area contributed by atoms with Crippen LogP contribution in [0, 0.1) is 13.8 Å². The van der Waals surface area contributed by atoms with Gasteiger partial charge >= 0.3 is 0 Å². The molecule has 8 heteroatoms. The number of allylic oxidation sites excluding steroid dienone is 1. The van der Waals surface area contributed by atoms with E-state index in [1.165, 1.54) is 28.1 Å². The zero-order valence-corrected chi connectivity index (χ0v) is 20.2. The molecule has 1 aliphatic heterocycles. The number of benzene rings is 2. The van der Waals surface area contributed by atoms with Crippen LogP contribution in [0.15, 0.2) is 59.5 Å². The van der Waals surface area contributed by atoms with Crippen molar-refractivity contribution in [1.29, 1.82) is 0 Å². The molecule has 0 bridgehead atoms. The molecular formula is C25H26ClN3O3S. The third-order valence-corrected chi connectivity index (χ3v) is 8.12. The van der Waals surface area contributed by atoms with Gasteiger partial charge in [-0.1, -0.05) is 41.4 Å². The Kier molecular flexibility index (Phi) is 6.83. The highest BCUT2D eigenvalue weighted by molar-refractivity contribution is 7.89. The van der Waals surface area contributed by atoms with Crippen molar-refractivity contribution < 1.29 is 13.2 Å². The van der Waals surface area contributed by atoms with Gasteiger partial charge in [0.15, 0.2) is 5.78 Å². The number of halogens is 1. The van der Waals surface area contributed by atoms with Gasteiger partial charge in [0.2, 0.25) is 10.0 Å². The van der Waals surface area contributed by atoms with Crippen molar-refractivity contribution >= 4 is 33.5 Å². The first-order valence-corrected chi connectivity index (χ1v) is 12.7. The van der Waals surface area contributed by atoms with Crippen molar-refractivity contribution in [3.63, 3.8) is 0 Å². The number of rotatable bonds is 7. The minimum atomic E-state index is -3.50. The van der Waals surface area contributed by atoms with Crippen LogP contribution in [0.5, 0.6) is 0 Å². The second kappa shape index (κ2) is 9.63. The van der Waals surface area contributed by atoms with Crippen molar-refractivity contribution in [2.45, 2.75) is 38.1 Å². The van der Waals surface area contributed by atoms with Gasteiger partial charge in [-0.3, -0.25) is 4.79 Å². The van der Waals surface area contributed by atoms with Crippen LogP contribution in [0.1, 0.15) is 45.6 Å². The first-order valence-electron chi connectivity index (χ1n) is 10.9. The lowest BCUT2D eigenvalue weighted by atomic mass is 10.1. The number of ketones is 1. The summed E-state index contributed by atoms with van der Waals surface area (Å²) in [7, 11) is -3.50. The van der Waals surface area contributed by atoms with Gasteiger partial charge in [-0.2, -0.15) is 9.40 Å². The van der Waals surface area contributed by atoms with Crippen LogP contribution in [-0.2, 0) is 16.6 Å². The fourth-order valence-corrected chi connectivity index (χ4v) is 5.67. The molecule has 4 rings (SSSR count). The zero-order chi connectivity index (χ0) is 23.6. The Labute approximate surface area is 199 Å². The molecule has 6 nitrogen and oxygen atoms in total. The number of carbonyl (C=O) groups is 1. The molecule has 0 atom stereocenters. The highest BCUT2D eigenvalue weighted by Gasteiger charge is 2.27. The van der Waals surface area contributed by atoms with E-state index in [2.05, 4.69) is 5.10 Å². The molecule has 1 aromatic heterocycles. The zero-order valence-electron chi connectivity index (χ0n) is 18.7. The molecule has 172 valence electrons. The SMILES string of the molecule is Cc1ccc(Cn2nc(C)c(C=CC(=O)c3ccc(S(=O)(=O)N4CCCC4)cc3)c2Cl)cc1. The van der Waals surface area contributed by atoms with E-state index in [4.69, 9.17) is 11.6 Å². The molecular weight excluding hydrogens is 458 g/mol. The summed E-state index contributed by atoms with van der Waals surface area (Å²) in [6.07, 6.45) is 4.86. The monoisotopic (exact) mass is 483 g/mol. The Morgan fingerprint density at radius 1 is 1.03 bits per heavy atom. The van der Waals surface area contributed by atoms with Crippen molar-refractivity contribution in [3.05, 3.63) is 87.7 Å². The fourth-order valence-electron chi connectivity index (χ4n) is 3.85. The van der Waals surface area contributed by atoms with E-state index in [-0.39, 0.29) is 10.7 Å². The van der Waals surface area contributed by atoms with E-state index in [0.29, 0.717) is 35.9 Å². The van der Waals surface area contributed by atoms with Crippen LogP contribution >= 0.6 is 11.6 Å². The molecule has 1 aliphatic rings. The fraction of sp³-hybridized carbons (Fsp3) is 0.280. The number of aryl methyl sites for hydroxylation is 2. The average Bonchev–Trinajstić information content (AvgIpc) is 3.44. The summed E-state index contributed by atoms with van der Waals surface area (Å²) in [6, 6.07) is 14.2. The summed E-state index contributed by atoms with van der Waals surface area (Å²) in [5.41, 5.74) is 4.09. The minimum absolute atomic E-state index is 0.209. The van der Waals surface area contributed by atoms with E-state index < -0.39 is 10.0 Å². The Morgan fingerprint density at radius 3 is 2.30 bits per heavy atom. The highest BCUT2D eigenvalue weighted by atomic mass is 35.5. The molecule has 2 aromatic carbocycles. The van der Waals surface area contributed by atoms with Crippen molar-refractivity contribution in [1.82, 2.24) is 14.1 Å². The van der Waals surface area contributed by atoms with E-state index in [1.807, 2.05) is 38.1 Å². The van der Waals surface area contributed by atoms with Gasteiger partial charge in [0, 0.05) is 24.2 Å². The number of aromatic nitrogens is 2. The molecule has 0 unspecified atom stereocenters. The minimum Gasteiger partial charge on any atom is -0.289 e. The third kappa shape index (κ3) is 5.11. The predicted octanol–water partition coefficient (Wildman–Crippen LogP) is 4.88. The molecule has 0 saturated carbocycles. The highest BCUT2D eigenvalue weighted by Crippen LogP contribution is 2.24. The molecule has 0 N–H and O–H groups in total.